The van der Waals surface area contributed by atoms with E-state index in [4.69, 9.17) is 9.47 Å². The third-order valence-electron chi connectivity index (χ3n) is 5.36. The Hall–Kier alpha value is -1.43. The van der Waals surface area contributed by atoms with Crippen LogP contribution in [0.15, 0.2) is 30.3 Å². The first kappa shape index (κ1) is 17.4. The van der Waals surface area contributed by atoms with Crippen LogP contribution in [0.1, 0.15) is 18.4 Å². The molecule has 132 valence electrons. The van der Waals surface area contributed by atoms with Crippen LogP contribution in [0.4, 0.5) is 0 Å². The molecule has 0 aromatic heterocycles. The van der Waals surface area contributed by atoms with Crippen LogP contribution in [0.2, 0.25) is 0 Å². The molecule has 0 bridgehead atoms. The Bertz CT molecular complexity index is 527. The summed E-state index contributed by atoms with van der Waals surface area (Å²) in [5.74, 6) is 0.233. The molecule has 2 heterocycles. The van der Waals surface area contributed by atoms with E-state index in [1.54, 1.807) is 7.11 Å². The van der Waals surface area contributed by atoms with E-state index >= 15 is 0 Å². The van der Waals surface area contributed by atoms with Gasteiger partial charge in [0.2, 0.25) is 5.91 Å². The summed E-state index contributed by atoms with van der Waals surface area (Å²) >= 11 is 0. The van der Waals surface area contributed by atoms with Crippen LogP contribution in [0.25, 0.3) is 0 Å². The summed E-state index contributed by atoms with van der Waals surface area (Å²) in [6.07, 6.45) is 2.46. The molecule has 1 amide bonds. The van der Waals surface area contributed by atoms with Crippen molar-refractivity contribution < 1.29 is 14.3 Å². The fraction of sp³-hybridized carbons (Fsp3) is 0.632. The van der Waals surface area contributed by atoms with Gasteiger partial charge >= 0.3 is 0 Å². The lowest BCUT2D eigenvalue weighted by Crippen LogP contribution is -2.62. The van der Waals surface area contributed by atoms with Gasteiger partial charge in [-0.3, -0.25) is 9.69 Å². The van der Waals surface area contributed by atoms with E-state index in [-0.39, 0.29) is 11.4 Å². The highest BCUT2D eigenvalue weighted by molar-refractivity contribution is 5.78. The first-order valence-electron chi connectivity index (χ1n) is 8.87. The number of benzene rings is 1. The standard InChI is InChI=1S/C19H28N2O3/c1-23-13-11-21-12-14-24-16-19(21)7-9-20(10-8-19)18(22)15-17-5-3-2-4-6-17/h2-6H,7-16H2,1H3. The van der Waals surface area contributed by atoms with E-state index < -0.39 is 0 Å². The minimum Gasteiger partial charge on any atom is -0.383 e. The van der Waals surface area contributed by atoms with Gasteiger partial charge in [-0.05, 0) is 18.4 Å². The summed E-state index contributed by atoms with van der Waals surface area (Å²) in [5, 5.41) is 0. The van der Waals surface area contributed by atoms with E-state index in [2.05, 4.69) is 4.90 Å². The lowest BCUT2D eigenvalue weighted by Gasteiger charge is -2.51. The van der Waals surface area contributed by atoms with Crippen molar-refractivity contribution in [2.24, 2.45) is 0 Å². The van der Waals surface area contributed by atoms with Crippen LogP contribution in [0.3, 0.4) is 0 Å². The summed E-state index contributed by atoms with van der Waals surface area (Å²) < 4.78 is 11.0. The van der Waals surface area contributed by atoms with Crippen LogP contribution in [0.5, 0.6) is 0 Å². The number of amides is 1. The Morgan fingerprint density at radius 2 is 1.96 bits per heavy atom. The first-order valence-corrected chi connectivity index (χ1v) is 8.87. The highest BCUT2D eigenvalue weighted by Crippen LogP contribution is 2.31. The van der Waals surface area contributed by atoms with E-state index in [1.165, 1.54) is 0 Å². The number of ether oxygens (including phenoxy) is 2. The van der Waals surface area contributed by atoms with Gasteiger partial charge in [-0.1, -0.05) is 30.3 Å². The van der Waals surface area contributed by atoms with Gasteiger partial charge in [0.1, 0.15) is 0 Å². The number of carbonyl (C=O) groups excluding carboxylic acids is 1. The van der Waals surface area contributed by atoms with E-state index in [0.717, 1.165) is 64.4 Å². The molecule has 5 heteroatoms. The van der Waals surface area contributed by atoms with Crippen molar-refractivity contribution in [1.29, 1.82) is 0 Å². The molecule has 2 aliphatic heterocycles. The Kier molecular flexibility index (Phi) is 5.87. The molecule has 0 atom stereocenters. The van der Waals surface area contributed by atoms with Crippen molar-refractivity contribution in [1.82, 2.24) is 9.80 Å². The van der Waals surface area contributed by atoms with Crippen LogP contribution >= 0.6 is 0 Å². The summed E-state index contributed by atoms with van der Waals surface area (Å²) in [6.45, 7) is 5.86. The van der Waals surface area contributed by atoms with Gasteiger partial charge in [0, 0.05) is 38.8 Å². The predicted molar refractivity (Wildman–Crippen MR) is 93.0 cm³/mol. The number of carbonyl (C=O) groups is 1. The minimum absolute atomic E-state index is 0.0836. The van der Waals surface area contributed by atoms with E-state index in [9.17, 15) is 4.79 Å². The van der Waals surface area contributed by atoms with Gasteiger partial charge in [-0.2, -0.15) is 0 Å². The molecule has 0 N–H and O–H groups in total. The fourth-order valence-electron chi connectivity index (χ4n) is 3.83. The zero-order valence-electron chi connectivity index (χ0n) is 14.6. The van der Waals surface area contributed by atoms with Gasteiger partial charge in [-0.25, -0.2) is 0 Å². The Labute approximate surface area is 144 Å². The second kappa shape index (κ2) is 8.10. The van der Waals surface area contributed by atoms with Crippen LogP contribution in [0, 0.1) is 0 Å². The highest BCUT2D eigenvalue weighted by atomic mass is 16.5. The molecule has 0 aliphatic carbocycles. The molecule has 1 aromatic carbocycles. The van der Waals surface area contributed by atoms with Crippen molar-refractivity contribution in [2.75, 3.05) is 53.1 Å². The molecule has 0 saturated carbocycles. The average molecular weight is 332 g/mol. The third-order valence-corrected chi connectivity index (χ3v) is 5.36. The maximum Gasteiger partial charge on any atom is 0.226 e. The van der Waals surface area contributed by atoms with Crippen molar-refractivity contribution in [3.05, 3.63) is 35.9 Å². The van der Waals surface area contributed by atoms with Crippen molar-refractivity contribution in [3.8, 4) is 0 Å². The average Bonchev–Trinajstić information content (AvgIpc) is 2.62. The summed E-state index contributed by atoms with van der Waals surface area (Å²) in [4.78, 5) is 17.1. The Balaban J connectivity index is 1.56. The van der Waals surface area contributed by atoms with Crippen molar-refractivity contribution in [2.45, 2.75) is 24.8 Å². The van der Waals surface area contributed by atoms with E-state index in [1.807, 2.05) is 35.2 Å². The maximum atomic E-state index is 12.6. The number of hydrogen-bond acceptors (Lipinski definition) is 4. The molecule has 0 radical (unpaired) electrons. The predicted octanol–water partition coefficient (Wildman–Crippen LogP) is 1.57. The first-order chi connectivity index (χ1) is 11.7. The summed E-state index contributed by atoms with van der Waals surface area (Å²) in [5.41, 5.74) is 1.17. The van der Waals surface area contributed by atoms with Crippen LogP contribution in [-0.2, 0) is 20.7 Å². The Morgan fingerprint density at radius 1 is 1.21 bits per heavy atom. The number of nitrogens with zero attached hydrogens (tertiary/aromatic N) is 2. The number of likely N-dealkylation sites (tertiary alicyclic amines) is 1. The topological polar surface area (TPSA) is 42.0 Å². The second-order valence-electron chi connectivity index (χ2n) is 6.80. The minimum atomic E-state index is 0.0836. The largest absolute Gasteiger partial charge is 0.383 e. The van der Waals surface area contributed by atoms with Gasteiger partial charge < -0.3 is 14.4 Å². The summed E-state index contributed by atoms with van der Waals surface area (Å²) in [6, 6.07) is 9.99. The summed E-state index contributed by atoms with van der Waals surface area (Å²) in [7, 11) is 1.75. The zero-order valence-corrected chi connectivity index (χ0v) is 14.6. The highest BCUT2D eigenvalue weighted by Gasteiger charge is 2.42. The fourth-order valence-corrected chi connectivity index (χ4v) is 3.83. The molecular weight excluding hydrogens is 304 g/mol. The van der Waals surface area contributed by atoms with Gasteiger partial charge in [0.15, 0.2) is 0 Å². The van der Waals surface area contributed by atoms with Crippen LogP contribution < -0.4 is 0 Å². The molecule has 2 saturated heterocycles. The van der Waals surface area contributed by atoms with Gasteiger partial charge in [0.25, 0.3) is 0 Å². The molecule has 3 rings (SSSR count). The molecule has 1 spiro atoms. The normalized spacial score (nSPS) is 21.1. The van der Waals surface area contributed by atoms with Gasteiger partial charge in [0.05, 0.1) is 26.2 Å². The smallest absolute Gasteiger partial charge is 0.226 e. The molecule has 24 heavy (non-hydrogen) atoms. The lowest BCUT2D eigenvalue weighted by molar-refractivity contribution is -0.138. The quantitative estimate of drug-likeness (QED) is 0.821. The number of methoxy groups -OCH3 is 1. The lowest BCUT2D eigenvalue weighted by atomic mass is 9.85. The SMILES string of the molecule is COCCN1CCOCC12CCN(C(=O)Cc1ccccc1)CC2. The zero-order chi connectivity index (χ0) is 16.8. The third kappa shape index (κ3) is 3.97. The second-order valence-corrected chi connectivity index (χ2v) is 6.80. The molecule has 1 aromatic rings. The molecule has 2 fully saturated rings. The van der Waals surface area contributed by atoms with E-state index in [0.29, 0.717) is 6.42 Å². The number of piperidine rings is 1. The number of morpholine rings is 1. The number of rotatable bonds is 5. The van der Waals surface area contributed by atoms with Crippen molar-refractivity contribution >= 4 is 5.91 Å². The van der Waals surface area contributed by atoms with Gasteiger partial charge in [-0.15, -0.1) is 0 Å². The maximum absolute atomic E-state index is 12.6. The molecular formula is C19H28N2O3. The molecule has 2 aliphatic rings. The number of hydrogen-bond donors (Lipinski definition) is 0. The van der Waals surface area contributed by atoms with Crippen LogP contribution in [-0.4, -0.2) is 74.4 Å². The monoisotopic (exact) mass is 332 g/mol. The molecule has 0 unspecified atom stereocenters. The Morgan fingerprint density at radius 3 is 2.67 bits per heavy atom. The molecule has 5 nitrogen and oxygen atoms in total. The van der Waals surface area contributed by atoms with Crippen molar-refractivity contribution in [3.63, 3.8) is 0 Å².